The Morgan fingerprint density at radius 3 is 2.56 bits per heavy atom. The molecule has 0 aliphatic rings. The summed E-state index contributed by atoms with van der Waals surface area (Å²) >= 11 is 0. The van der Waals surface area contributed by atoms with Crippen molar-refractivity contribution in [2.24, 2.45) is 5.10 Å². The zero-order chi connectivity index (χ0) is 25.9. The number of para-hydroxylation sites is 1. The SMILES string of the molecule is C=CCc1cc(C=NNC(=O)Nc2ccccc2C)cc(OCC)c1OCc1ccc([N+](=O)[O-])cc1. The van der Waals surface area contributed by atoms with Crippen LogP contribution in [0, 0.1) is 17.0 Å². The molecule has 0 radical (unpaired) electrons. The molecule has 3 rings (SSSR count). The molecular weight excluding hydrogens is 460 g/mol. The van der Waals surface area contributed by atoms with Gasteiger partial charge in [-0.25, -0.2) is 10.2 Å². The van der Waals surface area contributed by atoms with Crippen LogP contribution in [0.1, 0.15) is 29.2 Å². The lowest BCUT2D eigenvalue weighted by atomic mass is 10.1. The summed E-state index contributed by atoms with van der Waals surface area (Å²) in [6, 6.07) is 16.8. The van der Waals surface area contributed by atoms with E-state index in [1.807, 2.05) is 44.2 Å². The summed E-state index contributed by atoms with van der Waals surface area (Å²) in [6.45, 7) is 8.21. The van der Waals surface area contributed by atoms with Gasteiger partial charge in [0.2, 0.25) is 0 Å². The number of nitro benzene ring substituents is 1. The van der Waals surface area contributed by atoms with E-state index in [1.165, 1.54) is 18.3 Å². The molecule has 0 aromatic heterocycles. The molecule has 2 amide bonds. The average molecular weight is 489 g/mol. The summed E-state index contributed by atoms with van der Waals surface area (Å²) in [5.41, 5.74) is 6.43. The predicted octanol–water partition coefficient (Wildman–Crippen LogP) is 5.77. The number of hydrogen-bond donors (Lipinski definition) is 2. The van der Waals surface area contributed by atoms with Crippen molar-refractivity contribution in [3.63, 3.8) is 0 Å². The van der Waals surface area contributed by atoms with E-state index < -0.39 is 11.0 Å². The van der Waals surface area contributed by atoms with Gasteiger partial charge in [0.05, 0.1) is 17.7 Å². The van der Waals surface area contributed by atoms with E-state index in [2.05, 4.69) is 22.4 Å². The van der Waals surface area contributed by atoms with Gasteiger partial charge in [-0.15, -0.1) is 6.58 Å². The van der Waals surface area contributed by atoms with E-state index in [-0.39, 0.29) is 12.3 Å². The van der Waals surface area contributed by atoms with E-state index in [0.717, 1.165) is 16.7 Å². The van der Waals surface area contributed by atoms with Crippen molar-refractivity contribution in [1.82, 2.24) is 5.43 Å². The number of anilines is 1. The first-order chi connectivity index (χ1) is 17.4. The number of nitrogens with zero attached hydrogens (tertiary/aromatic N) is 2. The van der Waals surface area contributed by atoms with Gasteiger partial charge >= 0.3 is 6.03 Å². The molecule has 0 bridgehead atoms. The number of nitro groups is 1. The molecule has 0 unspecified atom stereocenters. The van der Waals surface area contributed by atoms with E-state index in [4.69, 9.17) is 9.47 Å². The third-order valence-corrected chi connectivity index (χ3v) is 5.12. The molecule has 0 fully saturated rings. The number of aryl methyl sites for hydroxylation is 1. The molecule has 0 atom stereocenters. The topological polar surface area (TPSA) is 115 Å². The van der Waals surface area contributed by atoms with Gasteiger partial charge in [0, 0.05) is 23.4 Å². The molecule has 9 nitrogen and oxygen atoms in total. The predicted molar refractivity (Wildman–Crippen MR) is 140 cm³/mol. The molecule has 186 valence electrons. The van der Waals surface area contributed by atoms with Crippen LogP contribution < -0.4 is 20.2 Å². The Morgan fingerprint density at radius 2 is 1.89 bits per heavy atom. The Kier molecular flexibility index (Phi) is 9.16. The van der Waals surface area contributed by atoms with Crippen molar-refractivity contribution in [3.8, 4) is 11.5 Å². The first-order valence-corrected chi connectivity index (χ1v) is 11.3. The van der Waals surface area contributed by atoms with Crippen LogP contribution in [-0.4, -0.2) is 23.8 Å². The van der Waals surface area contributed by atoms with Crippen molar-refractivity contribution in [2.45, 2.75) is 26.9 Å². The lowest BCUT2D eigenvalue weighted by Crippen LogP contribution is -2.24. The van der Waals surface area contributed by atoms with Crippen molar-refractivity contribution in [2.75, 3.05) is 11.9 Å². The van der Waals surface area contributed by atoms with Gasteiger partial charge in [-0.05, 0) is 67.3 Å². The van der Waals surface area contributed by atoms with E-state index in [1.54, 1.807) is 24.3 Å². The highest BCUT2D eigenvalue weighted by molar-refractivity contribution is 5.91. The zero-order valence-electron chi connectivity index (χ0n) is 20.2. The second-order valence-electron chi connectivity index (χ2n) is 7.78. The molecule has 0 saturated heterocycles. The van der Waals surface area contributed by atoms with Crippen molar-refractivity contribution in [3.05, 3.63) is 106 Å². The first-order valence-electron chi connectivity index (χ1n) is 11.3. The number of ether oxygens (including phenoxy) is 2. The van der Waals surface area contributed by atoms with Crippen LogP contribution >= 0.6 is 0 Å². The Balaban J connectivity index is 1.75. The minimum Gasteiger partial charge on any atom is -0.490 e. The van der Waals surface area contributed by atoms with Crippen LogP contribution in [0.15, 0.2) is 78.4 Å². The normalized spacial score (nSPS) is 10.6. The minimum absolute atomic E-state index is 0.0194. The molecule has 0 aliphatic carbocycles. The summed E-state index contributed by atoms with van der Waals surface area (Å²) in [4.78, 5) is 22.6. The second kappa shape index (κ2) is 12.7. The second-order valence-corrected chi connectivity index (χ2v) is 7.78. The van der Waals surface area contributed by atoms with E-state index in [0.29, 0.717) is 35.8 Å². The molecule has 0 aliphatic heterocycles. The van der Waals surface area contributed by atoms with E-state index in [9.17, 15) is 14.9 Å². The maximum absolute atomic E-state index is 12.2. The fourth-order valence-electron chi connectivity index (χ4n) is 3.39. The van der Waals surface area contributed by atoms with E-state index >= 15 is 0 Å². The molecule has 9 heteroatoms. The third-order valence-electron chi connectivity index (χ3n) is 5.12. The van der Waals surface area contributed by atoms with Crippen molar-refractivity contribution in [1.29, 1.82) is 0 Å². The lowest BCUT2D eigenvalue weighted by molar-refractivity contribution is -0.384. The molecule has 36 heavy (non-hydrogen) atoms. The molecule has 0 heterocycles. The number of rotatable bonds is 11. The number of carbonyl (C=O) groups is 1. The van der Waals surface area contributed by atoms with Gasteiger partial charge < -0.3 is 14.8 Å². The van der Waals surface area contributed by atoms with Crippen molar-refractivity contribution < 1.29 is 19.2 Å². The van der Waals surface area contributed by atoms with Gasteiger partial charge in [0.1, 0.15) is 6.61 Å². The van der Waals surface area contributed by atoms with Gasteiger partial charge in [-0.1, -0.05) is 24.3 Å². The molecule has 0 saturated carbocycles. The number of allylic oxidation sites excluding steroid dienone is 1. The molecule has 3 aromatic rings. The average Bonchev–Trinajstić information content (AvgIpc) is 2.85. The van der Waals surface area contributed by atoms with Gasteiger partial charge in [0.15, 0.2) is 11.5 Å². The number of hydrogen-bond acceptors (Lipinski definition) is 6. The summed E-state index contributed by atoms with van der Waals surface area (Å²) in [5.74, 6) is 1.07. The highest BCUT2D eigenvalue weighted by Gasteiger charge is 2.14. The maximum Gasteiger partial charge on any atom is 0.339 e. The lowest BCUT2D eigenvalue weighted by Gasteiger charge is -2.17. The first kappa shape index (κ1) is 26.0. The summed E-state index contributed by atoms with van der Waals surface area (Å²) in [5, 5.41) is 17.7. The highest BCUT2D eigenvalue weighted by Crippen LogP contribution is 2.34. The Bertz CT molecular complexity index is 1260. The fourth-order valence-corrected chi connectivity index (χ4v) is 3.39. The smallest absolute Gasteiger partial charge is 0.339 e. The summed E-state index contributed by atoms with van der Waals surface area (Å²) in [7, 11) is 0. The third kappa shape index (κ3) is 7.17. The monoisotopic (exact) mass is 488 g/mol. The number of amides is 2. The van der Waals surface area contributed by atoms with Gasteiger partial charge in [-0.2, -0.15) is 5.10 Å². The van der Waals surface area contributed by atoms with Crippen LogP contribution in [-0.2, 0) is 13.0 Å². The number of urea groups is 1. The largest absolute Gasteiger partial charge is 0.490 e. The van der Waals surface area contributed by atoms with Crippen LogP contribution in [0.2, 0.25) is 0 Å². The Hall–Kier alpha value is -4.66. The molecular formula is C27H28N4O5. The Labute approximate surface area is 209 Å². The van der Waals surface area contributed by atoms with Gasteiger partial charge in [-0.3, -0.25) is 10.1 Å². The molecule has 3 aromatic carbocycles. The van der Waals surface area contributed by atoms with Crippen LogP contribution in [0.4, 0.5) is 16.2 Å². The Morgan fingerprint density at radius 1 is 1.14 bits per heavy atom. The number of carbonyl (C=O) groups excluding carboxylic acids is 1. The summed E-state index contributed by atoms with van der Waals surface area (Å²) < 4.78 is 11.9. The van der Waals surface area contributed by atoms with Crippen LogP contribution in [0.3, 0.4) is 0 Å². The molecule has 2 N–H and O–H groups in total. The van der Waals surface area contributed by atoms with Gasteiger partial charge in [0.25, 0.3) is 5.69 Å². The van der Waals surface area contributed by atoms with Crippen LogP contribution in [0.5, 0.6) is 11.5 Å². The quantitative estimate of drug-likeness (QED) is 0.154. The minimum atomic E-state index is -0.458. The van der Waals surface area contributed by atoms with Crippen LogP contribution in [0.25, 0.3) is 0 Å². The number of nitrogens with one attached hydrogen (secondary N) is 2. The standard InChI is InChI=1S/C27H28N4O5/c1-4-8-22-15-21(17-28-30-27(32)29-24-10-7-6-9-19(24)3)16-25(35-5-2)26(22)36-18-20-11-13-23(14-12-20)31(33)34/h4,6-7,9-17H,1,5,8,18H2,2-3H3,(H2,29,30,32). The highest BCUT2D eigenvalue weighted by atomic mass is 16.6. The number of benzene rings is 3. The molecule has 0 spiro atoms. The summed E-state index contributed by atoms with van der Waals surface area (Å²) in [6.07, 6.45) is 3.78. The fraction of sp³-hybridized carbons (Fsp3) is 0.185. The number of hydrazone groups is 1. The maximum atomic E-state index is 12.2. The van der Waals surface area contributed by atoms with Crippen molar-refractivity contribution >= 4 is 23.6 Å². The number of non-ortho nitro benzene ring substituents is 1. The zero-order valence-corrected chi connectivity index (χ0v) is 20.2.